The van der Waals surface area contributed by atoms with Crippen molar-refractivity contribution in [3.05, 3.63) is 108 Å². The van der Waals surface area contributed by atoms with Crippen molar-refractivity contribution in [2.24, 2.45) is 0 Å². The van der Waals surface area contributed by atoms with Gasteiger partial charge >= 0.3 is 0 Å². The molecule has 4 aromatic carbocycles. The maximum atomic E-state index is 6.07. The van der Waals surface area contributed by atoms with Gasteiger partial charge in [0.15, 0.2) is 0 Å². The maximum Gasteiger partial charge on any atom is 0.150 e. The molecule has 4 heteroatoms. The van der Waals surface area contributed by atoms with Crippen LogP contribution in [-0.2, 0) is 0 Å². The van der Waals surface area contributed by atoms with Crippen molar-refractivity contribution in [1.29, 1.82) is 0 Å². The van der Waals surface area contributed by atoms with Gasteiger partial charge in [0, 0.05) is 5.92 Å². The van der Waals surface area contributed by atoms with Gasteiger partial charge in [0.05, 0.1) is 11.4 Å². The first kappa shape index (κ1) is 30.0. The minimum atomic E-state index is 0.302. The molecule has 4 aromatic rings. The zero-order valence-corrected chi connectivity index (χ0v) is 24.6. The summed E-state index contributed by atoms with van der Waals surface area (Å²) in [6.07, 6.45) is 14.5. The van der Waals surface area contributed by atoms with Crippen LogP contribution in [0.25, 0.3) is 0 Å². The summed E-state index contributed by atoms with van der Waals surface area (Å²) in [4.78, 5) is 0. The first-order valence-electron chi connectivity index (χ1n) is 15.4. The van der Waals surface area contributed by atoms with E-state index in [1.807, 2.05) is 72.8 Å². The highest BCUT2D eigenvalue weighted by Gasteiger charge is 2.15. The van der Waals surface area contributed by atoms with Gasteiger partial charge in [-0.05, 0) is 66.1 Å². The standard InChI is InChI=1S/C37H46N2O2/c1-2-3-4-5-6-7-8-9-10-11-16-33(29-21-25-31(26-22-29)40-36-19-14-12-17-34(36)38)30-23-27-32(28-24-30)41-37-20-15-13-18-35(37)39/h12-15,17-28,33H,2-11,16,38-39H2,1H3. The van der Waals surface area contributed by atoms with Crippen molar-refractivity contribution in [2.45, 2.75) is 83.5 Å². The molecule has 0 radical (unpaired) electrons. The van der Waals surface area contributed by atoms with Crippen molar-refractivity contribution in [3.63, 3.8) is 0 Å². The van der Waals surface area contributed by atoms with Gasteiger partial charge in [-0.15, -0.1) is 0 Å². The van der Waals surface area contributed by atoms with Crippen molar-refractivity contribution in [2.75, 3.05) is 11.5 Å². The summed E-state index contributed by atoms with van der Waals surface area (Å²) in [5.41, 5.74) is 16.0. The van der Waals surface area contributed by atoms with Crippen LogP contribution in [0.3, 0.4) is 0 Å². The Bertz CT molecular complexity index is 1210. The molecule has 0 unspecified atom stereocenters. The molecule has 41 heavy (non-hydrogen) atoms. The fraction of sp³-hybridized carbons (Fsp3) is 0.351. The summed E-state index contributed by atoms with van der Waals surface area (Å²) in [5, 5.41) is 0. The highest BCUT2D eigenvalue weighted by molar-refractivity contribution is 5.54. The van der Waals surface area contributed by atoms with E-state index in [0.29, 0.717) is 28.8 Å². The van der Waals surface area contributed by atoms with Crippen LogP contribution < -0.4 is 20.9 Å². The number of hydrogen-bond acceptors (Lipinski definition) is 4. The van der Waals surface area contributed by atoms with E-state index in [1.54, 1.807) is 0 Å². The number of anilines is 2. The Kier molecular flexibility index (Phi) is 12.0. The van der Waals surface area contributed by atoms with E-state index < -0.39 is 0 Å². The van der Waals surface area contributed by atoms with Crippen molar-refractivity contribution in [1.82, 2.24) is 0 Å². The highest BCUT2D eigenvalue weighted by atomic mass is 16.5. The van der Waals surface area contributed by atoms with Crippen LogP contribution in [0.4, 0.5) is 11.4 Å². The topological polar surface area (TPSA) is 70.5 Å². The molecular weight excluding hydrogens is 504 g/mol. The largest absolute Gasteiger partial charge is 0.455 e. The van der Waals surface area contributed by atoms with E-state index in [9.17, 15) is 0 Å². The Morgan fingerprint density at radius 2 is 0.878 bits per heavy atom. The zero-order valence-electron chi connectivity index (χ0n) is 24.6. The number of hydrogen-bond donors (Lipinski definition) is 2. The van der Waals surface area contributed by atoms with E-state index >= 15 is 0 Å². The lowest BCUT2D eigenvalue weighted by molar-refractivity contribution is 0.484. The number of para-hydroxylation sites is 4. The normalized spacial score (nSPS) is 11.1. The summed E-state index contributed by atoms with van der Waals surface area (Å²) < 4.78 is 12.1. The molecule has 0 bridgehead atoms. The van der Waals surface area contributed by atoms with Gasteiger partial charge in [-0.1, -0.05) is 120 Å². The molecule has 0 aliphatic carbocycles. The zero-order chi connectivity index (χ0) is 28.7. The summed E-state index contributed by atoms with van der Waals surface area (Å²) in [6.45, 7) is 2.28. The van der Waals surface area contributed by atoms with Crippen LogP contribution >= 0.6 is 0 Å². The first-order valence-corrected chi connectivity index (χ1v) is 15.4. The van der Waals surface area contributed by atoms with E-state index in [2.05, 4.69) is 31.2 Å². The molecule has 0 aliphatic rings. The number of nitrogens with two attached hydrogens (primary N) is 2. The number of nitrogen functional groups attached to an aromatic ring is 2. The van der Waals surface area contributed by atoms with Crippen LogP contribution in [-0.4, -0.2) is 0 Å². The third kappa shape index (κ3) is 9.60. The third-order valence-corrected chi connectivity index (χ3v) is 7.70. The number of unbranched alkanes of at least 4 members (excludes halogenated alkanes) is 9. The summed E-state index contributed by atoms with van der Waals surface area (Å²) in [7, 11) is 0. The van der Waals surface area contributed by atoms with Gasteiger partial charge in [-0.2, -0.15) is 0 Å². The minimum absolute atomic E-state index is 0.302. The van der Waals surface area contributed by atoms with Crippen molar-refractivity contribution >= 4 is 11.4 Å². The Morgan fingerprint density at radius 3 is 1.29 bits per heavy atom. The van der Waals surface area contributed by atoms with E-state index in [4.69, 9.17) is 20.9 Å². The Labute approximate surface area is 246 Å². The van der Waals surface area contributed by atoms with Gasteiger partial charge in [-0.25, -0.2) is 0 Å². The van der Waals surface area contributed by atoms with E-state index in [1.165, 1.54) is 75.3 Å². The van der Waals surface area contributed by atoms with E-state index in [-0.39, 0.29) is 0 Å². The molecule has 4 N–H and O–H groups in total. The maximum absolute atomic E-state index is 6.07. The average molecular weight is 551 g/mol. The van der Waals surface area contributed by atoms with Gasteiger partial charge in [0.2, 0.25) is 0 Å². The van der Waals surface area contributed by atoms with E-state index in [0.717, 1.165) is 17.9 Å². The van der Waals surface area contributed by atoms with Crippen LogP contribution in [0.15, 0.2) is 97.1 Å². The number of rotatable bonds is 17. The van der Waals surface area contributed by atoms with Crippen LogP contribution in [0.2, 0.25) is 0 Å². The monoisotopic (exact) mass is 550 g/mol. The second-order valence-corrected chi connectivity index (χ2v) is 10.9. The van der Waals surface area contributed by atoms with Crippen molar-refractivity contribution in [3.8, 4) is 23.0 Å². The number of ether oxygens (including phenoxy) is 2. The molecule has 4 rings (SSSR count). The molecule has 0 spiro atoms. The molecule has 0 aromatic heterocycles. The molecule has 4 nitrogen and oxygen atoms in total. The van der Waals surface area contributed by atoms with Gasteiger partial charge < -0.3 is 20.9 Å². The minimum Gasteiger partial charge on any atom is -0.455 e. The molecule has 216 valence electrons. The van der Waals surface area contributed by atoms with Gasteiger partial charge in [0.1, 0.15) is 23.0 Å². The Balaban J connectivity index is 1.39. The lowest BCUT2D eigenvalue weighted by Gasteiger charge is -2.19. The van der Waals surface area contributed by atoms with Gasteiger partial charge in [-0.3, -0.25) is 0 Å². The van der Waals surface area contributed by atoms with Gasteiger partial charge in [0.25, 0.3) is 0 Å². The van der Waals surface area contributed by atoms with Crippen LogP contribution in [0, 0.1) is 0 Å². The molecule has 0 saturated heterocycles. The first-order chi connectivity index (χ1) is 20.1. The summed E-state index contributed by atoms with van der Waals surface area (Å²) >= 11 is 0. The smallest absolute Gasteiger partial charge is 0.150 e. The molecule has 0 saturated carbocycles. The lowest BCUT2D eigenvalue weighted by Crippen LogP contribution is -2.02. The second-order valence-electron chi connectivity index (χ2n) is 10.9. The molecule has 0 atom stereocenters. The quantitative estimate of drug-likeness (QED) is 0.101. The molecule has 0 amide bonds. The van der Waals surface area contributed by atoms with Crippen LogP contribution in [0.5, 0.6) is 23.0 Å². The fourth-order valence-corrected chi connectivity index (χ4v) is 5.30. The average Bonchev–Trinajstić information content (AvgIpc) is 2.99. The highest BCUT2D eigenvalue weighted by Crippen LogP contribution is 2.35. The number of benzene rings is 4. The fourth-order valence-electron chi connectivity index (χ4n) is 5.30. The molecule has 0 aliphatic heterocycles. The molecule has 0 heterocycles. The van der Waals surface area contributed by atoms with Crippen LogP contribution in [0.1, 0.15) is 94.6 Å². The lowest BCUT2D eigenvalue weighted by atomic mass is 9.86. The predicted molar refractivity (Wildman–Crippen MR) is 173 cm³/mol. The molecule has 0 fully saturated rings. The third-order valence-electron chi connectivity index (χ3n) is 7.70. The predicted octanol–water partition coefficient (Wildman–Crippen LogP) is 10.9. The summed E-state index contributed by atoms with van der Waals surface area (Å²) in [5.74, 6) is 3.23. The molecular formula is C37H46N2O2. The Morgan fingerprint density at radius 1 is 0.488 bits per heavy atom. The Hall–Kier alpha value is -3.92. The van der Waals surface area contributed by atoms with Crippen molar-refractivity contribution < 1.29 is 9.47 Å². The second kappa shape index (κ2) is 16.4. The SMILES string of the molecule is CCCCCCCCCCCCC(c1ccc(Oc2ccccc2N)cc1)c1ccc(Oc2ccccc2N)cc1. The summed E-state index contributed by atoms with van der Waals surface area (Å²) in [6, 6.07) is 32.1.